The fraction of sp³-hybridized carbons (Fsp3) is 0.727. The van der Waals surface area contributed by atoms with Gasteiger partial charge in [0.2, 0.25) is 0 Å². The maximum absolute atomic E-state index is 11.2. The second-order valence-electron chi connectivity index (χ2n) is 4.28. The van der Waals surface area contributed by atoms with Gasteiger partial charge in [0, 0.05) is 13.7 Å². The number of ether oxygens (including phenoxy) is 1. The first-order chi connectivity index (χ1) is 8.47. The molecule has 0 saturated carbocycles. The van der Waals surface area contributed by atoms with E-state index in [0.717, 1.165) is 6.42 Å². The highest BCUT2D eigenvalue weighted by molar-refractivity contribution is 5.91. The summed E-state index contributed by atoms with van der Waals surface area (Å²) in [5, 5.41) is 16.9. The molecular weight excluding hydrogens is 236 g/mol. The summed E-state index contributed by atoms with van der Waals surface area (Å²) in [6, 6.07) is 0. The first-order valence-corrected chi connectivity index (χ1v) is 5.91. The van der Waals surface area contributed by atoms with Crippen LogP contribution in [0.15, 0.2) is 0 Å². The summed E-state index contributed by atoms with van der Waals surface area (Å²) < 4.78 is 6.80. The number of nitrogens with zero attached hydrogens (tertiary/aromatic N) is 3. The van der Waals surface area contributed by atoms with Crippen LogP contribution >= 0.6 is 0 Å². The number of aliphatic hydroxyl groups is 1. The van der Waals surface area contributed by atoms with Crippen molar-refractivity contribution in [3.8, 4) is 0 Å². The number of aliphatic hydroxyl groups excluding tert-OH is 1. The maximum atomic E-state index is 11.2. The minimum absolute atomic E-state index is 0.140. The highest BCUT2D eigenvalue weighted by Crippen LogP contribution is 2.19. The van der Waals surface area contributed by atoms with Crippen LogP contribution in [0, 0.1) is 0 Å². The molecule has 1 amide bonds. The lowest BCUT2D eigenvalue weighted by molar-refractivity contribution is 0.0959. The van der Waals surface area contributed by atoms with Crippen molar-refractivity contribution in [1.82, 2.24) is 15.0 Å². The Balaban J connectivity index is 2.87. The number of primary amides is 1. The molecule has 0 spiro atoms. The molecule has 1 heterocycles. The fourth-order valence-corrected chi connectivity index (χ4v) is 1.71. The SMILES string of the molecule is COC(C)c1c(C(N)=O)nnn1CCCC(C)O. The highest BCUT2D eigenvalue weighted by Gasteiger charge is 2.22. The lowest BCUT2D eigenvalue weighted by Crippen LogP contribution is -2.18. The van der Waals surface area contributed by atoms with Crippen LogP contribution in [0.3, 0.4) is 0 Å². The Morgan fingerprint density at radius 1 is 1.56 bits per heavy atom. The number of methoxy groups -OCH3 is 1. The summed E-state index contributed by atoms with van der Waals surface area (Å²) >= 11 is 0. The lowest BCUT2D eigenvalue weighted by atomic mass is 10.2. The monoisotopic (exact) mass is 256 g/mol. The van der Waals surface area contributed by atoms with Crippen molar-refractivity contribution in [2.75, 3.05) is 7.11 Å². The number of carbonyl (C=O) groups excluding carboxylic acids is 1. The van der Waals surface area contributed by atoms with Crippen LogP contribution in [-0.2, 0) is 11.3 Å². The molecule has 0 radical (unpaired) electrons. The molecule has 102 valence electrons. The highest BCUT2D eigenvalue weighted by atomic mass is 16.5. The molecular formula is C11H20N4O3. The van der Waals surface area contributed by atoms with E-state index in [2.05, 4.69) is 10.3 Å². The first-order valence-electron chi connectivity index (χ1n) is 5.91. The molecule has 1 rings (SSSR count). The van der Waals surface area contributed by atoms with Gasteiger partial charge in [0.15, 0.2) is 5.69 Å². The van der Waals surface area contributed by atoms with Crippen LogP contribution < -0.4 is 5.73 Å². The van der Waals surface area contributed by atoms with E-state index in [1.807, 2.05) is 0 Å². The van der Waals surface area contributed by atoms with Crippen molar-refractivity contribution in [3.05, 3.63) is 11.4 Å². The van der Waals surface area contributed by atoms with Crippen molar-refractivity contribution in [2.24, 2.45) is 5.73 Å². The number of aromatic nitrogens is 3. The Labute approximate surface area is 106 Å². The number of carbonyl (C=O) groups is 1. The zero-order valence-electron chi connectivity index (χ0n) is 11.0. The van der Waals surface area contributed by atoms with Crippen molar-refractivity contribution in [2.45, 2.75) is 45.4 Å². The van der Waals surface area contributed by atoms with Gasteiger partial charge in [-0.25, -0.2) is 4.68 Å². The van der Waals surface area contributed by atoms with Crippen LogP contribution in [0.4, 0.5) is 0 Å². The molecule has 0 saturated heterocycles. The molecule has 2 unspecified atom stereocenters. The molecule has 0 aromatic carbocycles. The van der Waals surface area contributed by atoms with Crippen molar-refractivity contribution >= 4 is 5.91 Å². The van der Waals surface area contributed by atoms with Gasteiger partial charge >= 0.3 is 0 Å². The summed E-state index contributed by atoms with van der Waals surface area (Å²) in [6.07, 6.45) is 0.733. The number of nitrogens with two attached hydrogens (primary N) is 1. The van der Waals surface area contributed by atoms with E-state index in [1.54, 1.807) is 25.6 Å². The Morgan fingerprint density at radius 3 is 2.72 bits per heavy atom. The van der Waals surface area contributed by atoms with E-state index in [-0.39, 0.29) is 17.9 Å². The predicted octanol–water partition coefficient (Wildman–Crippen LogP) is 0.245. The normalized spacial score (nSPS) is 14.4. The molecule has 0 aliphatic heterocycles. The molecule has 0 fully saturated rings. The van der Waals surface area contributed by atoms with Crippen LogP contribution in [0.1, 0.15) is 49.0 Å². The summed E-state index contributed by atoms with van der Waals surface area (Å²) in [5.41, 5.74) is 5.97. The second-order valence-corrected chi connectivity index (χ2v) is 4.28. The van der Waals surface area contributed by atoms with E-state index in [9.17, 15) is 9.90 Å². The van der Waals surface area contributed by atoms with Gasteiger partial charge in [-0.05, 0) is 26.7 Å². The zero-order chi connectivity index (χ0) is 13.7. The van der Waals surface area contributed by atoms with Gasteiger partial charge in [-0.3, -0.25) is 4.79 Å². The molecule has 0 bridgehead atoms. The van der Waals surface area contributed by atoms with Gasteiger partial charge in [0.05, 0.1) is 12.2 Å². The van der Waals surface area contributed by atoms with E-state index in [4.69, 9.17) is 10.5 Å². The number of hydrogen-bond acceptors (Lipinski definition) is 5. The molecule has 0 aliphatic rings. The Kier molecular flexibility index (Phi) is 5.24. The van der Waals surface area contributed by atoms with Crippen LogP contribution in [0.25, 0.3) is 0 Å². The molecule has 3 N–H and O–H groups in total. The molecule has 2 atom stereocenters. The van der Waals surface area contributed by atoms with Gasteiger partial charge in [0.25, 0.3) is 5.91 Å². The minimum atomic E-state index is -0.615. The van der Waals surface area contributed by atoms with Gasteiger partial charge in [-0.15, -0.1) is 5.10 Å². The van der Waals surface area contributed by atoms with Crippen molar-refractivity contribution in [3.63, 3.8) is 0 Å². The van der Waals surface area contributed by atoms with Gasteiger partial charge < -0.3 is 15.6 Å². The Morgan fingerprint density at radius 2 is 2.22 bits per heavy atom. The lowest BCUT2D eigenvalue weighted by Gasteiger charge is -2.13. The summed E-state index contributed by atoms with van der Waals surface area (Å²) in [5.74, 6) is -0.615. The standard InChI is InChI=1S/C11H20N4O3/c1-7(16)5-4-6-15-10(8(2)18-3)9(11(12)17)13-14-15/h7-8,16H,4-6H2,1-3H3,(H2,12,17). The van der Waals surface area contributed by atoms with E-state index < -0.39 is 5.91 Å². The van der Waals surface area contributed by atoms with Gasteiger partial charge in [-0.2, -0.15) is 0 Å². The molecule has 0 aliphatic carbocycles. The smallest absolute Gasteiger partial charge is 0.271 e. The molecule has 1 aromatic heterocycles. The van der Waals surface area contributed by atoms with Crippen molar-refractivity contribution in [1.29, 1.82) is 0 Å². The molecule has 7 heteroatoms. The van der Waals surface area contributed by atoms with Crippen LogP contribution in [0.2, 0.25) is 0 Å². The number of rotatable bonds is 7. The van der Waals surface area contributed by atoms with E-state index in [0.29, 0.717) is 18.7 Å². The average molecular weight is 256 g/mol. The fourth-order valence-electron chi connectivity index (χ4n) is 1.71. The van der Waals surface area contributed by atoms with Gasteiger partial charge in [-0.1, -0.05) is 5.21 Å². The van der Waals surface area contributed by atoms with Crippen LogP contribution in [-0.4, -0.2) is 39.2 Å². The summed E-state index contributed by atoms with van der Waals surface area (Å²) in [4.78, 5) is 11.2. The summed E-state index contributed by atoms with van der Waals surface area (Å²) in [7, 11) is 1.54. The predicted molar refractivity (Wildman–Crippen MR) is 64.9 cm³/mol. The van der Waals surface area contributed by atoms with E-state index >= 15 is 0 Å². The average Bonchev–Trinajstić information content (AvgIpc) is 2.71. The number of aryl methyl sites for hydroxylation is 1. The second kappa shape index (κ2) is 6.46. The molecule has 18 heavy (non-hydrogen) atoms. The summed E-state index contributed by atoms with van der Waals surface area (Å²) in [6.45, 7) is 4.10. The van der Waals surface area contributed by atoms with Gasteiger partial charge in [0.1, 0.15) is 5.69 Å². The Hall–Kier alpha value is -1.47. The largest absolute Gasteiger partial charge is 0.393 e. The quantitative estimate of drug-likeness (QED) is 0.727. The number of hydrogen-bond donors (Lipinski definition) is 2. The minimum Gasteiger partial charge on any atom is -0.393 e. The maximum Gasteiger partial charge on any atom is 0.271 e. The first kappa shape index (κ1) is 14.6. The van der Waals surface area contributed by atoms with Crippen LogP contribution in [0.5, 0.6) is 0 Å². The van der Waals surface area contributed by atoms with E-state index in [1.165, 1.54) is 0 Å². The molecule has 7 nitrogen and oxygen atoms in total. The Bertz CT molecular complexity index is 403. The number of amides is 1. The molecule has 1 aromatic rings. The zero-order valence-corrected chi connectivity index (χ0v) is 11.0. The third kappa shape index (κ3) is 3.51. The van der Waals surface area contributed by atoms with Crippen molar-refractivity contribution < 1.29 is 14.6 Å². The third-order valence-electron chi connectivity index (χ3n) is 2.74. The topological polar surface area (TPSA) is 103 Å². The third-order valence-corrected chi connectivity index (χ3v) is 2.74.